The molecule has 0 saturated heterocycles. The van der Waals surface area contributed by atoms with Gasteiger partial charge in [-0.1, -0.05) is 0 Å². The van der Waals surface area contributed by atoms with Gasteiger partial charge in [0.05, 0.1) is 0 Å². The minimum Gasteiger partial charge on any atom is -0.454 e. The zero-order valence-electron chi connectivity index (χ0n) is 9.64. The molecule has 0 fully saturated rings. The summed E-state index contributed by atoms with van der Waals surface area (Å²) in [6, 6.07) is 6.15. The number of anilines is 1. The van der Waals surface area contributed by atoms with E-state index < -0.39 is 0 Å². The van der Waals surface area contributed by atoms with Gasteiger partial charge in [0.2, 0.25) is 0 Å². The second-order valence-corrected chi connectivity index (χ2v) is 3.80. The van der Waals surface area contributed by atoms with Gasteiger partial charge in [-0.25, -0.2) is 14.4 Å². The number of halogens is 1. The number of furan rings is 1. The minimum absolute atomic E-state index is 0.289. The predicted molar refractivity (Wildman–Crippen MR) is 66.7 cm³/mol. The summed E-state index contributed by atoms with van der Waals surface area (Å²) in [5.74, 6) is 0.896. The van der Waals surface area contributed by atoms with E-state index in [-0.39, 0.29) is 5.82 Å². The SMILES string of the molecule is CNc1nccnc1-c1cc2cc(F)ccc2o1. The topological polar surface area (TPSA) is 51.0 Å². The number of hydrogen-bond donors (Lipinski definition) is 1. The number of nitrogens with zero attached hydrogens (tertiary/aromatic N) is 2. The van der Waals surface area contributed by atoms with E-state index in [1.54, 1.807) is 31.6 Å². The summed E-state index contributed by atoms with van der Waals surface area (Å²) in [4.78, 5) is 8.38. The van der Waals surface area contributed by atoms with Crippen LogP contribution in [0.25, 0.3) is 22.4 Å². The van der Waals surface area contributed by atoms with Crippen molar-refractivity contribution >= 4 is 16.8 Å². The highest BCUT2D eigenvalue weighted by Gasteiger charge is 2.12. The maximum atomic E-state index is 13.1. The van der Waals surface area contributed by atoms with E-state index in [0.29, 0.717) is 28.2 Å². The second-order valence-electron chi connectivity index (χ2n) is 3.80. The quantitative estimate of drug-likeness (QED) is 0.751. The van der Waals surface area contributed by atoms with Gasteiger partial charge in [0.1, 0.15) is 17.1 Å². The molecular weight excluding hydrogens is 233 g/mol. The largest absolute Gasteiger partial charge is 0.454 e. The third-order valence-corrected chi connectivity index (χ3v) is 2.65. The van der Waals surface area contributed by atoms with Crippen LogP contribution in [0.1, 0.15) is 0 Å². The molecule has 3 aromatic rings. The molecule has 0 spiro atoms. The van der Waals surface area contributed by atoms with Crippen LogP contribution in [0.2, 0.25) is 0 Å². The maximum absolute atomic E-state index is 13.1. The van der Waals surface area contributed by atoms with Crippen molar-refractivity contribution < 1.29 is 8.81 Å². The van der Waals surface area contributed by atoms with Gasteiger partial charge in [-0.15, -0.1) is 0 Å². The van der Waals surface area contributed by atoms with Gasteiger partial charge in [-0.3, -0.25) is 0 Å². The Kier molecular flexibility index (Phi) is 2.44. The van der Waals surface area contributed by atoms with Crippen molar-refractivity contribution in [3.63, 3.8) is 0 Å². The van der Waals surface area contributed by atoms with Gasteiger partial charge in [0.15, 0.2) is 11.6 Å². The molecule has 1 aromatic carbocycles. The first kappa shape index (κ1) is 10.7. The first-order chi connectivity index (χ1) is 8.78. The highest BCUT2D eigenvalue weighted by molar-refractivity contribution is 5.84. The van der Waals surface area contributed by atoms with E-state index in [1.807, 2.05) is 0 Å². The van der Waals surface area contributed by atoms with Crippen molar-refractivity contribution in [2.45, 2.75) is 0 Å². The van der Waals surface area contributed by atoms with Crippen LogP contribution in [-0.4, -0.2) is 17.0 Å². The van der Waals surface area contributed by atoms with Crippen LogP contribution in [0.4, 0.5) is 10.2 Å². The van der Waals surface area contributed by atoms with Crippen molar-refractivity contribution in [2.24, 2.45) is 0 Å². The van der Waals surface area contributed by atoms with E-state index >= 15 is 0 Å². The van der Waals surface area contributed by atoms with E-state index in [2.05, 4.69) is 15.3 Å². The molecule has 18 heavy (non-hydrogen) atoms. The van der Waals surface area contributed by atoms with E-state index in [1.165, 1.54) is 12.1 Å². The maximum Gasteiger partial charge on any atom is 0.157 e. The number of aromatic nitrogens is 2. The van der Waals surface area contributed by atoms with E-state index in [0.717, 1.165) is 0 Å². The summed E-state index contributed by atoms with van der Waals surface area (Å²) in [6.07, 6.45) is 3.18. The smallest absolute Gasteiger partial charge is 0.157 e. The summed E-state index contributed by atoms with van der Waals surface area (Å²) in [5, 5.41) is 3.65. The summed E-state index contributed by atoms with van der Waals surface area (Å²) in [6.45, 7) is 0. The first-order valence-corrected chi connectivity index (χ1v) is 5.46. The molecule has 2 heterocycles. The average molecular weight is 243 g/mol. The van der Waals surface area contributed by atoms with Crippen LogP contribution in [0.5, 0.6) is 0 Å². The molecule has 0 aliphatic rings. The number of rotatable bonds is 2. The molecule has 0 bridgehead atoms. The third-order valence-electron chi connectivity index (χ3n) is 2.65. The minimum atomic E-state index is -0.289. The Morgan fingerprint density at radius 3 is 2.83 bits per heavy atom. The van der Waals surface area contributed by atoms with Crippen LogP contribution in [0.15, 0.2) is 41.1 Å². The van der Waals surface area contributed by atoms with Crippen molar-refractivity contribution in [1.82, 2.24) is 9.97 Å². The van der Waals surface area contributed by atoms with E-state index in [9.17, 15) is 4.39 Å². The van der Waals surface area contributed by atoms with Crippen LogP contribution >= 0.6 is 0 Å². The summed E-state index contributed by atoms with van der Waals surface area (Å²) in [5.41, 5.74) is 1.23. The lowest BCUT2D eigenvalue weighted by Crippen LogP contribution is -1.96. The summed E-state index contributed by atoms with van der Waals surface area (Å²) < 4.78 is 18.8. The molecule has 0 amide bonds. The highest BCUT2D eigenvalue weighted by atomic mass is 19.1. The van der Waals surface area contributed by atoms with Crippen LogP contribution in [-0.2, 0) is 0 Å². The fourth-order valence-electron chi connectivity index (χ4n) is 1.83. The Balaban J connectivity index is 2.19. The molecule has 2 aromatic heterocycles. The van der Waals surface area contributed by atoms with Crippen molar-refractivity contribution in [1.29, 1.82) is 0 Å². The van der Waals surface area contributed by atoms with Gasteiger partial charge < -0.3 is 9.73 Å². The number of benzene rings is 1. The van der Waals surface area contributed by atoms with E-state index in [4.69, 9.17) is 4.42 Å². The van der Waals surface area contributed by atoms with Crippen LogP contribution in [0.3, 0.4) is 0 Å². The fraction of sp³-hybridized carbons (Fsp3) is 0.0769. The van der Waals surface area contributed by atoms with Gasteiger partial charge >= 0.3 is 0 Å². The fourth-order valence-corrected chi connectivity index (χ4v) is 1.83. The van der Waals surface area contributed by atoms with Crippen LogP contribution in [0, 0.1) is 5.82 Å². The molecule has 0 unspecified atom stereocenters. The summed E-state index contributed by atoms with van der Waals surface area (Å²) in [7, 11) is 1.76. The molecule has 0 radical (unpaired) electrons. The van der Waals surface area contributed by atoms with Crippen LogP contribution < -0.4 is 5.32 Å². The second kappa shape index (κ2) is 4.10. The third kappa shape index (κ3) is 1.69. The zero-order chi connectivity index (χ0) is 12.5. The molecule has 3 rings (SSSR count). The summed E-state index contributed by atoms with van der Waals surface area (Å²) >= 11 is 0. The van der Waals surface area contributed by atoms with Crippen molar-refractivity contribution in [3.05, 3.63) is 42.5 Å². The molecule has 90 valence electrons. The lowest BCUT2D eigenvalue weighted by atomic mass is 10.2. The van der Waals surface area contributed by atoms with Crippen molar-refractivity contribution in [2.75, 3.05) is 12.4 Å². The number of hydrogen-bond acceptors (Lipinski definition) is 4. The molecular formula is C13H10FN3O. The zero-order valence-corrected chi connectivity index (χ0v) is 9.64. The molecule has 1 N–H and O–H groups in total. The Morgan fingerprint density at radius 1 is 1.17 bits per heavy atom. The molecule has 0 aliphatic heterocycles. The highest BCUT2D eigenvalue weighted by Crippen LogP contribution is 2.29. The molecule has 0 atom stereocenters. The average Bonchev–Trinajstić information content (AvgIpc) is 2.81. The normalized spacial score (nSPS) is 10.8. The molecule has 0 saturated carbocycles. The standard InChI is InChI=1S/C13H10FN3O/c1-15-13-12(16-4-5-17-13)11-7-8-6-9(14)2-3-10(8)18-11/h2-7H,1H3,(H,15,17). The number of fused-ring (bicyclic) bond motifs is 1. The molecule has 4 nitrogen and oxygen atoms in total. The van der Waals surface area contributed by atoms with Gasteiger partial charge in [-0.2, -0.15) is 0 Å². The van der Waals surface area contributed by atoms with Gasteiger partial charge in [0, 0.05) is 24.8 Å². The van der Waals surface area contributed by atoms with Crippen molar-refractivity contribution in [3.8, 4) is 11.5 Å². The lowest BCUT2D eigenvalue weighted by molar-refractivity contribution is 0.617. The Morgan fingerprint density at radius 2 is 2.00 bits per heavy atom. The predicted octanol–water partition coefficient (Wildman–Crippen LogP) is 3.07. The van der Waals surface area contributed by atoms with Gasteiger partial charge in [0.25, 0.3) is 0 Å². The lowest BCUT2D eigenvalue weighted by Gasteiger charge is -2.02. The Bertz CT molecular complexity index is 708. The molecule has 5 heteroatoms. The first-order valence-electron chi connectivity index (χ1n) is 5.46. The Hall–Kier alpha value is -2.43. The van der Waals surface area contributed by atoms with Gasteiger partial charge in [-0.05, 0) is 24.3 Å². The molecule has 0 aliphatic carbocycles. The Labute approximate surface area is 102 Å². The monoisotopic (exact) mass is 243 g/mol. The number of nitrogens with one attached hydrogen (secondary N) is 1.